The molecule has 1 heteroatoms. The third kappa shape index (κ3) is 4.86. The molecule has 0 aromatic heterocycles. The lowest BCUT2D eigenvalue weighted by Gasteiger charge is -2.04. The minimum atomic E-state index is 0.270. The Morgan fingerprint density at radius 3 is 2.05 bits per heavy atom. The third-order valence-corrected chi connectivity index (χ3v) is 3.82. The molecule has 2 rings (SSSR count). The minimum Gasteiger partial charge on any atom is -0.294 e. The number of carbonyl (C=O) groups is 1. The molecule has 0 bridgehead atoms. The number of ketones is 1. The van der Waals surface area contributed by atoms with E-state index in [4.69, 9.17) is 0 Å². The van der Waals surface area contributed by atoms with Gasteiger partial charge in [-0.1, -0.05) is 87.2 Å². The lowest BCUT2D eigenvalue weighted by Crippen LogP contribution is -1.98. The molecule has 0 saturated carbocycles. The molecule has 0 amide bonds. The van der Waals surface area contributed by atoms with Gasteiger partial charge in [0.2, 0.25) is 0 Å². The molecule has 0 saturated heterocycles. The number of hydrogen-bond acceptors (Lipinski definition) is 1. The van der Waals surface area contributed by atoms with Crippen LogP contribution < -0.4 is 0 Å². The average molecular weight is 280 g/mol. The maximum atomic E-state index is 12.1. The Morgan fingerprint density at radius 1 is 0.762 bits per heavy atom. The molecule has 0 fully saturated rings. The molecule has 2 aromatic rings. The van der Waals surface area contributed by atoms with Crippen LogP contribution >= 0.6 is 0 Å². The van der Waals surface area contributed by atoms with Crippen LogP contribution in [0.2, 0.25) is 0 Å². The fraction of sp³-hybridized carbons (Fsp3) is 0.350. The van der Waals surface area contributed by atoms with E-state index in [1.165, 1.54) is 31.2 Å². The van der Waals surface area contributed by atoms with Gasteiger partial charge in [0.05, 0.1) is 0 Å². The van der Waals surface area contributed by atoms with E-state index in [1.54, 1.807) is 0 Å². The highest BCUT2D eigenvalue weighted by Gasteiger charge is 2.06. The standard InChI is InChI=1S/C20H24O/c1-2-3-4-5-9-12-20(21)19-15-13-18(14-16-19)17-10-7-6-8-11-17/h6-8,10-11,13-16H,2-5,9,12H2,1H3. The van der Waals surface area contributed by atoms with Gasteiger partial charge in [0.1, 0.15) is 0 Å². The number of hydrogen-bond donors (Lipinski definition) is 0. The monoisotopic (exact) mass is 280 g/mol. The zero-order valence-electron chi connectivity index (χ0n) is 12.8. The first kappa shape index (κ1) is 15.5. The van der Waals surface area contributed by atoms with Crippen molar-refractivity contribution in [3.05, 3.63) is 60.2 Å². The molecular formula is C20H24O. The highest BCUT2D eigenvalue weighted by atomic mass is 16.1. The van der Waals surface area contributed by atoms with E-state index in [0.717, 1.165) is 17.5 Å². The van der Waals surface area contributed by atoms with Crippen molar-refractivity contribution in [2.75, 3.05) is 0 Å². The quantitative estimate of drug-likeness (QED) is 0.435. The van der Waals surface area contributed by atoms with Crippen LogP contribution in [0.1, 0.15) is 55.8 Å². The van der Waals surface area contributed by atoms with E-state index >= 15 is 0 Å². The van der Waals surface area contributed by atoms with Crippen LogP contribution in [0.5, 0.6) is 0 Å². The van der Waals surface area contributed by atoms with E-state index in [1.807, 2.05) is 42.5 Å². The fourth-order valence-corrected chi connectivity index (χ4v) is 2.51. The molecule has 0 unspecified atom stereocenters. The minimum absolute atomic E-state index is 0.270. The maximum absolute atomic E-state index is 12.1. The molecule has 0 spiro atoms. The molecule has 0 radical (unpaired) electrons. The SMILES string of the molecule is CCCCCCCC(=O)c1ccc(-c2ccccc2)cc1. The van der Waals surface area contributed by atoms with Crippen LogP contribution in [0.4, 0.5) is 0 Å². The molecule has 2 aromatic carbocycles. The lowest BCUT2D eigenvalue weighted by atomic mass is 10.00. The Morgan fingerprint density at radius 2 is 1.38 bits per heavy atom. The van der Waals surface area contributed by atoms with Crippen molar-refractivity contribution in [2.24, 2.45) is 0 Å². The van der Waals surface area contributed by atoms with Gasteiger partial charge in [-0.3, -0.25) is 4.79 Å². The first-order valence-corrected chi connectivity index (χ1v) is 8.00. The van der Waals surface area contributed by atoms with Gasteiger partial charge in [0, 0.05) is 12.0 Å². The summed E-state index contributed by atoms with van der Waals surface area (Å²) in [5.41, 5.74) is 3.19. The van der Waals surface area contributed by atoms with Crippen LogP contribution in [0, 0.1) is 0 Å². The largest absolute Gasteiger partial charge is 0.294 e. The molecule has 0 N–H and O–H groups in total. The number of carbonyl (C=O) groups excluding carboxylic acids is 1. The number of benzene rings is 2. The summed E-state index contributed by atoms with van der Waals surface area (Å²) >= 11 is 0. The highest BCUT2D eigenvalue weighted by Crippen LogP contribution is 2.20. The van der Waals surface area contributed by atoms with Gasteiger partial charge in [0.15, 0.2) is 5.78 Å². The Labute approximate surface area is 128 Å². The van der Waals surface area contributed by atoms with Crippen LogP contribution in [-0.2, 0) is 0 Å². The van der Waals surface area contributed by atoms with Crippen molar-refractivity contribution in [1.29, 1.82) is 0 Å². The molecule has 0 heterocycles. The number of Topliss-reactive ketones (excluding diaryl/α,β-unsaturated/α-hetero) is 1. The fourth-order valence-electron chi connectivity index (χ4n) is 2.51. The van der Waals surface area contributed by atoms with Crippen molar-refractivity contribution in [2.45, 2.75) is 45.4 Å². The van der Waals surface area contributed by atoms with Gasteiger partial charge in [-0.05, 0) is 17.5 Å². The number of unbranched alkanes of at least 4 members (excludes halogenated alkanes) is 4. The summed E-state index contributed by atoms with van der Waals surface area (Å²) in [6.07, 6.45) is 6.63. The van der Waals surface area contributed by atoms with Crippen molar-refractivity contribution in [3.8, 4) is 11.1 Å². The van der Waals surface area contributed by atoms with Crippen LogP contribution in [0.25, 0.3) is 11.1 Å². The van der Waals surface area contributed by atoms with Crippen LogP contribution in [0.3, 0.4) is 0 Å². The smallest absolute Gasteiger partial charge is 0.162 e. The second-order valence-corrected chi connectivity index (χ2v) is 5.53. The van der Waals surface area contributed by atoms with Gasteiger partial charge >= 0.3 is 0 Å². The van der Waals surface area contributed by atoms with Gasteiger partial charge in [-0.25, -0.2) is 0 Å². The summed E-state index contributed by atoms with van der Waals surface area (Å²) in [4.78, 5) is 12.1. The van der Waals surface area contributed by atoms with Gasteiger partial charge in [0.25, 0.3) is 0 Å². The summed E-state index contributed by atoms with van der Waals surface area (Å²) in [6.45, 7) is 2.21. The molecule has 0 aliphatic carbocycles. The normalized spacial score (nSPS) is 10.5. The highest BCUT2D eigenvalue weighted by molar-refractivity contribution is 5.96. The van der Waals surface area contributed by atoms with Crippen LogP contribution in [0.15, 0.2) is 54.6 Å². The molecule has 0 atom stereocenters. The zero-order chi connectivity index (χ0) is 14.9. The lowest BCUT2D eigenvalue weighted by molar-refractivity contribution is 0.0979. The Balaban J connectivity index is 1.88. The molecule has 0 aliphatic rings. The molecule has 1 nitrogen and oxygen atoms in total. The first-order chi connectivity index (χ1) is 10.3. The van der Waals surface area contributed by atoms with Crippen molar-refractivity contribution in [1.82, 2.24) is 0 Å². The van der Waals surface area contributed by atoms with Gasteiger partial charge in [-0.15, -0.1) is 0 Å². The molecule has 0 aliphatic heterocycles. The van der Waals surface area contributed by atoms with Crippen LogP contribution in [-0.4, -0.2) is 5.78 Å². The predicted molar refractivity (Wildman–Crippen MR) is 89.6 cm³/mol. The second-order valence-electron chi connectivity index (χ2n) is 5.53. The zero-order valence-corrected chi connectivity index (χ0v) is 12.8. The maximum Gasteiger partial charge on any atom is 0.162 e. The van der Waals surface area contributed by atoms with Crippen molar-refractivity contribution >= 4 is 5.78 Å². The first-order valence-electron chi connectivity index (χ1n) is 8.00. The topological polar surface area (TPSA) is 17.1 Å². The van der Waals surface area contributed by atoms with E-state index < -0.39 is 0 Å². The molecular weight excluding hydrogens is 256 g/mol. The van der Waals surface area contributed by atoms with Gasteiger partial charge < -0.3 is 0 Å². The second kappa shape index (κ2) is 8.41. The van der Waals surface area contributed by atoms with E-state index in [9.17, 15) is 4.79 Å². The van der Waals surface area contributed by atoms with E-state index in [-0.39, 0.29) is 5.78 Å². The summed E-state index contributed by atoms with van der Waals surface area (Å²) in [6, 6.07) is 18.2. The summed E-state index contributed by atoms with van der Waals surface area (Å²) in [7, 11) is 0. The van der Waals surface area contributed by atoms with Gasteiger partial charge in [-0.2, -0.15) is 0 Å². The predicted octanol–water partition coefficient (Wildman–Crippen LogP) is 5.90. The van der Waals surface area contributed by atoms with Crippen molar-refractivity contribution in [3.63, 3.8) is 0 Å². The Hall–Kier alpha value is -1.89. The Kier molecular flexibility index (Phi) is 6.21. The average Bonchev–Trinajstić information content (AvgIpc) is 2.55. The summed E-state index contributed by atoms with van der Waals surface area (Å²) < 4.78 is 0. The van der Waals surface area contributed by atoms with E-state index in [2.05, 4.69) is 19.1 Å². The molecule has 110 valence electrons. The summed E-state index contributed by atoms with van der Waals surface area (Å²) in [5.74, 6) is 0.270. The Bertz CT molecular complexity index is 540. The number of rotatable bonds is 8. The van der Waals surface area contributed by atoms with E-state index in [0.29, 0.717) is 6.42 Å². The summed E-state index contributed by atoms with van der Waals surface area (Å²) in [5, 5.41) is 0. The van der Waals surface area contributed by atoms with Crippen molar-refractivity contribution < 1.29 is 4.79 Å². The molecule has 21 heavy (non-hydrogen) atoms. The third-order valence-electron chi connectivity index (χ3n) is 3.82.